The van der Waals surface area contributed by atoms with Crippen molar-refractivity contribution in [2.24, 2.45) is 0 Å². The van der Waals surface area contributed by atoms with Gasteiger partial charge in [0.05, 0.1) is 5.25 Å². The predicted octanol–water partition coefficient (Wildman–Crippen LogP) is 1.36. The van der Waals surface area contributed by atoms with Crippen LogP contribution >= 0.6 is 11.8 Å². The fourth-order valence-corrected chi connectivity index (χ4v) is 3.18. The van der Waals surface area contributed by atoms with E-state index >= 15 is 0 Å². The molecule has 0 radical (unpaired) electrons. The zero-order valence-electron chi connectivity index (χ0n) is 12.2. The molecule has 1 aliphatic rings. The number of aromatic nitrogens is 3. The molecule has 8 heteroatoms. The van der Waals surface area contributed by atoms with E-state index in [9.17, 15) is 4.79 Å². The molecule has 0 unspecified atom stereocenters. The smallest absolute Gasteiger partial charge is 0.233 e. The van der Waals surface area contributed by atoms with Crippen molar-refractivity contribution in [3.63, 3.8) is 0 Å². The number of hydrogen-bond acceptors (Lipinski definition) is 7. The number of amides is 1. The van der Waals surface area contributed by atoms with Gasteiger partial charge in [-0.1, -0.05) is 37.4 Å². The molecule has 2 rings (SSSR count). The monoisotopic (exact) mass is 310 g/mol. The first-order valence-corrected chi connectivity index (χ1v) is 8.16. The minimum Gasteiger partial charge on any atom is -0.368 e. The van der Waals surface area contributed by atoms with Crippen LogP contribution in [0, 0.1) is 0 Å². The summed E-state index contributed by atoms with van der Waals surface area (Å²) < 4.78 is 0. The molecule has 1 atom stereocenters. The molecule has 1 heterocycles. The first-order valence-electron chi connectivity index (χ1n) is 7.28. The average molecular weight is 310 g/mol. The van der Waals surface area contributed by atoms with Crippen molar-refractivity contribution in [3.05, 3.63) is 0 Å². The van der Waals surface area contributed by atoms with Crippen LogP contribution in [-0.2, 0) is 4.79 Å². The van der Waals surface area contributed by atoms with Gasteiger partial charge in [-0.15, -0.1) is 0 Å². The number of nitrogens with zero attached hydrogens (tertiary/aromatic N) is 3. The van der Waals surface area contributed by atoms with Gasteiger partial charge in [-0.25, -0.2) is 0 Å². The quantitative estimate of drug-likeness (QED) is 0.567. The van der Waals surface area contributed by atoms with E-state index in [1.807, 2.05) is 6.92 Å². The van der Waals surface area contributed by atoms with Crippen LogP contribution in [0.2, 0.25) is 0 Å². The fraction of sp³-hybridized carbons (Fsp3) is 0.692. The van der Waals surface area contributed by atoms with E-state index in [0.29, 0.717) is 5.16 Å². The Morgan fingerprint density at radius 1 is 1.14 bits per heavy atom. The largest absolute Gasteiger partial charge is 0.368 e. The highest BCUT2D eigenvalue weighted by atomic mass is 32.2. The molecule has 1 saturated carbocycles. The van der Waals surface area contributed by atoms with Crippen LogP contribution in [0.25, 0.3) is 0 Å². The molecule has 1 aliphatic carbocycles. The van der Waals surface area contributed by atoms with E-state index in [-0.39, 0.29) is 29.1 Å². The Hall–Kier alpha value is -1.57. The van der Waals surface area contributed by atoms with Gasteiger partial charge in [-0.3, -0.25) is 4.79 Å². The van der Waals surface area contributed by atoms with Crippen LogP contribution < -0.4 is 16.8 Å². The molecule has 0 bridgehead atoms. The summed E-state index contributed by atoms with van der Waals surface area (Å²) in [6.07, 6.45) is 7.03. The van der Waals surface area contributed by atoms with Gasteiger partial charge in [0, 0.05) is 6.04 Å². The van der Waals surface area contributed by atoms with Crippen LogP contribution in [0.5, 0.6) is 0 Å². The maximum atomic E-state index is 12.2. The zero-order chi connectivity index (χ0) is 15.2. The SMILES string of the molecule is C[C@H](Sc1nc(N)nc(N)n1)C(=O)NC1CCCCCC1. The summed E-state index contributed by atoms with van der Waals surface area (Å²) in [5, 5.41) is 3.20. The van der Waals surface area contributed by atoms with Crippen molar-refractivity contribution < 1.29 is 4.79 Å². The number of nitrogen functional groups attached to an aromatic ring is 2. The first kappa shape index (κ1) is 15.8. The van der Waals surface area contributed by atoms with Crippen molar-refractivity contribution in [2.45, 2.75) is 61.9 Å². The van der Waals surface area contributed by atoms with Crippen molar-refractivity contribution in [1.82, 2.24) is 20.3 Å². The normalized spacial score (nSPS) is 18.0. The van der Waals surface area contributed by atoms with Gasteiger partial charge in [0.2, 0.25) is 17.8 Å². The summed E-state index contributed by atoms with van der Waals surface area (Å²) in [4.78, 5) is 23.9. The highest BCUT2D eigenvalue weighted by Gasteiger charge is 2.21. The maximum Gasteiger partial charge on any atom is 0.233 e. The van der Waals surface area contributed by atoms with E-state index in [4.69, 9.17) is 11.5 Å². The number of carbonyl (C=O) groups excluding carboxylic acids is 1. The Bertz CT molecular complexity index is 469. The fourth-order valence-electron chi connectivity index (χ4n) is 2.39. The molecule has 21 heavy (non-hydrogen) atoms. The van der Waals surface area contributed by atoms with Gasteiger partial charge in [0.25, 0.3) is 0 Å². The van der Waals surface area contributed by atoms with E-state index < -0.39 is 0 Å². The molecule has 1 fully saturated rings. The Morgan fingerprint density at radius 2 is 1.71 bits per heavy atom. The summed E-state index contributed by atoms with van der Waals surface area (Å²) in [6.45, 7) is 1.83. The lowest BCUT2D eigenvalue weighted by molar-refractivity contribution is -0.121. The van der Waals surface area contributed by atoms with E-state index in [1.165, 1.54) is 37.4 Å². The number of anilines is 2. The number of carbonyl (C=O) groups is 1. The molecule has 7 nitrogen and oxygen atoms in total. The molecule has 0 aliphatic heterocycles. The van der Waals surface area contributed by atoms with E-state index in [0.717, 1.165) is 12.8 Å². The molecule has 116 valence electrons. The molecule has 1 amide bonds. The summed E-state index contributed by atoms with van der Waals surface area (Å²) in [5.41, 5.74) is 11.0. The molecule has 5 N–H and O–H groups in total. The third-order valence-corrected chi connectivity index (χ3v) is 4.46. The van der Waals surface area contributed by atoms with E-state index in [1.54, 1.807) is 0 Å². The third-order valence-electron chi connectivity index (χ3n) is 3.50. The van der Waals surface area contributed by atoms with Gasteiger partial charge >= 0.3 is 0 Å². The number of rotatable bonds is 4. The summed E-state index contributed by atoms with van der Waals surface area (Å²) in [5.74, 6) is 0.146. The summed E-state index contributed by atoms with van der Waals surface area (Å²) in [6, 6.07) is 0.288. The number of hydrogen-bond donors (Lipinski definition) is 3. The number of nitrogens with one attached hydrogen (secondary N) is 1. The second-order valence-electron chi connectivity index (χ2n) is 5.29. The van der Waals surface area contributed by atoms with Gasteiger partial charge in [-0.2, -0.15) is 15.0 Å². The first-order chi connectivity index (χ1) is 10.0. The van der Waals surface area contributed by atoms with Crippen molar-refractivity contribution in [3.8, 4) is 0 Å². The van der Waals surface area contributed by atoms with Gasteiger partial charge in [0.1, 0.15) is 0 Å². The Kier molecular flexibility index (Phi) is 5.60. The van der Waals surface area contributed by atoms with Gasteiger partial charge in [-0.05, 0) is 19.8 Å². The highest BCUT2D eigenvalue weighted by Crippen LogP contribution is 2.22. The Balaban J connectivity index is 1.89. The van der Waals surface area contributed by atoms with Gasteiger partial charge in [0.15, 0.2) is 5.16 Å². The lowest BCUT2D eigenvalue weighted by Crippen LogP contribution is -2.39. The number of thioether (sulfide) groups is 1. The molecule has 1 aromatic heterocycles. The molecule has 0 spiro atoms. The summed E-state index contributed by atoms with van der Waals surface area (Å²) >= 11 is 1.24. The van der Waals surface area contributed by atoms with Crippen LogP contribution in [0.3, 0.4) is 0 Å². The van der Waals surface area contributed by atoms with Crippen LogP contribution in [0.4, 0.5) is 11.9 Å². The molecule has 0 saturated heterocycles. The molecule has 0 aromatic carbocycles. The number of nitrogens with two attached hydrogens (primary N) is 2. The molecular formula is C13H22N6OS. The molecule has 1 aromatic rings. The van der Waals surface area contributed by atoms with Crippen LogP contribution in [0.15, 0.2) is 5.16 Å². The highest BCUT2D eigenvalue weighted by molar-refractivity contribution is 8.00. The van der Waals surface area contributed by atoms with Crippen molar-refractivity contribution >= 4 is 29.6 Å². The van der Waals surface area contributed by atoms with E-state index in [2.05, 4.69) is 20.3 Å². The Morgan fingerprint density at radius 3 is 2.29 bits per heavy atom. The van der Waals surface area contributed by atoms with Gasteiger partial charge < -0.3 is 16.8 Å². The second-order valence-corrected chi connectivity index (χ2v) is 6.60. The predicted molar refractivity (Wildman–Crippen MR) is 83.6 cm³/mol. The van der Waals surface area contributed by atoms with Crippen LogP contribution in [0.1, 0.15) is 45.4 Å². The second kappa shape index (κ2) is 7.44. The van der Waals surface area contributed by atoms with Crippen LogP contribution in [-0.4, -0.2) is 32.2 Å². The average Bonchev–Trinajstić information content (AvgIpc) is 2.66. The Labute approximate surface area is 128 Å². The standard InChI is InChI=1S/C13H22N6OS/c1-8(21-13-18-11(14)17-12(15)19-13)10(20)16-9-6-4-2-3-5-7-9/h8-9H,2-7H2,1H3,(H,16,20)(H4,14,15,17,18,19)/t8-/m0/s1. The lowest BCUT2D eigenvalue weighted by atomic mass is 10.1. The zero-order valence-corrected chi connectivity index (χ0v) is 13.0. The third kappa shape index (κ3) is 5.04. The topological polar surface area (TPSA) is 120 Å². The summed E-state index contributed by atoms with van der Waals surface area (Å²) in [7, 11) is 0. The lowest BCUT2D eigenvalue weighted by Gasteiger charge is -2.18. The molecular weight excluding hydrogens is 288 g/mol. The van der Waals surface area contributed by atoms with Crippen molar-refractivity contribution in [1.29, 1.82) is 0 Å². The minimum atomic E-state index is -0.297. The minimum absolute atomic E-state index is 0.00413. The maximum absolute atomic E-state index is 12.2. The van der Waals surface area contributed by atoms with Crippen molar-refractivity contribution in [2.75, 3.05) is 11.5 Å².